The monoisotopic (exact) mass is 92.0 g/mol. The molecule has 0 saturated carbocycles. The molecule has 0 spiro atoms. The normalized spacial score (nSPS) is 7.80. The first kappa shape index (κ1) is 5.34. The lowest BCUT2D eigenvalue weighted by Gasteiger charge is -1.77. The van der Waals surface area contributed by atoms with Crippen LogP contribution >= 0.6 is 12.5 Å². The van der Waals surface area contributed by atoms with Crippen molar-refractivity contribution in [3.05, 3.63) is 0 Å². The molecular formula is C2H6BFS. The van der Waals surface area contributed by atoms with Crippen molar-refractivity contribution in [1.29, 1.82) is 0 Å². The van der Waals surface area contributed by atoms with E-state index in [-0.39, 0.29) is 0 Å². The molecule has 0 nitrogen and oxygen atoms in total. The molecule has 5 heavy (non-hydrogen) atoms. The largest absolute Gasteiger partial charge is 0.409 e. The molecule has 3 heteroatoms. The van der Waals surface area contributed by atoms with Crippen LogP contribution < -0.4 is 0 Å². The van der Waals surface area contributed by atoms with Crippen LogP contribution in [0.3, 0.4) is 0 Å². The summed E-state index contributed by atoms with van der Waals surface area (Å²) in [7, 11) is 0. The summed E-state index contributed by atoms with van der Waals surface area (Å²) in [6.07, 6.45) is -0.418. The maximum Gasteiger partial charge on any atom is 0.409 e. The smallest absolute Gasteiger partial charge is 0.320 e. The number of hydrogen-bond acceptors (Lipinski definition) is 1. The zero-order chi connectivity index (χ0) is 4.28. The molecule has 30 valence electrons. The van der Waals surface area contributed by atoms with Crippen molar-refractivity contribution in [3.63, 3.8) is 0 Å². The van der Waals surface area contributed by atoms with Crippen molar-refractivity contribution in [3.8, 4) is 0 Å². The third-order valence-corrected chi connectivity index (χ3v) is 0.702. The second-order valence-corrected chi connectivity index (χ2v) is 1.40. The fourth-order valence-corrected chi connectivity index (χ4v) is 0. The van der Waals surface area contributed by atoms with Gasteiger partial charge in [-0.15, -0.1) is 0 Å². The Labute approximate surface area is 37.2 Å². The van der Waals surface area contributed by atoms with Gasteiger partial charge in [0.25, 0.3) is 0 Å². The van der Waals surface area contributed by atoms with E-state index in [1.54, 1.807) is 6.92 Å². The molecule has 0 aromatic rings. The van der Waals surface area contributed by atoms with E-state index in [9.17, 15) is 4.32 Å². The summed E-state index contributed by atoms with van der Waals surface area (Å²) in [4.78, 5) is 0. The van der Waals surface area contributed by atoms with Gasteiger partial charge in [0.15, 0.2) is 0 Å². The number of halogens is 1. The highest BCUT2D eigenvalue weighted by atomic mass is 32.1. The van der Waals surface area contributed by atoms with Gasteiger partial charge in [-0.2, -0.15) is 12.5 Å². The maximum absolute atomic E-state index is 11.3. The molecule has 0 fully saturated rings. The first-order chi connectivity index (χ1) is 2.27. The van der Waals surface area contributed by atoms with E-state index in [0.29, 0.717) is 6.32 Å². The summed E-state index contributed by atoms with van der Waals surface area (Å²) in [5.41, 5.74) is 0. The van der Waals surface area contributed by atoms with Crippen LogP contribution in [0.2, 0.25) is 6.32 Å². The summed E-state index contributed by atoms with van der Waals surface area (Å²) in [5.74, 6) is 0. The zero-order valence-electron chi connectivity index (χ0n) is 3.11. The fourth-order valence-electron chi connectivity index (χ4n) is 0. The molecular weight excluding hydrogens is 85.9 g/mol. The Morgan fingerprint density at radius 2 is 2.20 bits per heavy atom. The molecule has 0 aliphatic carbocycles. The van der Waals surface area contributed by atoms with Crippen LogP contribution in [0.25, 0.3) is 0 Å². The van der Waals surface area contributed by atoms with E-state index >= 15 is 0 Å². The van der Waals surface area contributed by atoms with E-state index in [0.717, 1.165) is 0 Å². The second-order valence-electron chi connectivity index (χ2n) is 0.843. The molecule has 0 bridgehead atoms. The predicted molar refractivity (Wildman–Crippen MR) is 26.3 cm³/mol. The van der Waals surface area contributed by atoms with Crippen molar-refractivity contribution in [1.82, 2.24) is 0 Å². The molecule has 0 saturated heterocycles. The van der Waals surface area contributed by atoms with Crippen LogP contribution in [-0.4, -0.2) is 6.27 Å². The first-order valence-corrected chi connectivity index (χ1v) is 2.11. The van der Waals surface area contributed by atoms with Crippen molar-refractivity contribution >= 4 is 18.7 Å². The summed E-state index contributed by atoms with van der Waals surface area (Å²) in [6.45, 7) is 1.75. The van der Waals surface area contributed by atoms with Crippen molar-refractivity contribution in [2.45, 2.75) is 13.2 Å². The molecule has 0 atom stereocenters. The van der Waals surface area contributed by atoms with Crippen molar-refractivity contribution < 1.29 is 4.32 Å². The predicted octanol–water partition coefficient (Wildman–Crippen LogP) is 1.39. The maximum atomic E-state index is 11.3. The number of rotatable bonds is 1. The molecule has 0 aromatic heterocycles. The average molecular weight is 91.9 g/mol. The minimum atomic E-state index is -0.921. The van der Waals surface area contributed by atoms with E-state index in [1.807, 2.05) is 0 Å². The number of hydrogen-bond donors (Lipinski definition) is 1. The van der Waals surface area contributed by atoms with Crippen LogP contribution in [0.15, 0.2) is 0 Å². The topological polar surface area (TPSA) is 0 Å². The van der Waals surface area contributed by atoms with Gasteiger partial charge >= 0.3 is 6.27 Å². The lowest BCUT2D eigenvalue weighted by Crippen LogP contribution is -1.86. The minimum Gasteiger partial charge on any atom is -0.320 e. The first-order valence-electron chi connectivity index (χ1n) is 1.59. The quantitative estimate of drug-likeness (QED) is 0.366. The highest BCUT2D eigenvalue weighted by Crippen LogP contribution is 1.93. The van der Waals surface area contributed by atoms with E-state index in [4.69, 9.17) is 0 Å². The molecule has 0 radical (unpaired) electrons. The van der Waals surface area contributed by atoms with Gasteiger partial charge in [-0.3, -0.25) is 0 Å². The van der Waals surface area contributed by atoms with Gasteiger partial charge in [-0.1, -0.05) is 6.92 Å². The summed E-state index contributed by atoms with van der Waals surface area (Å²) in [5, 5.41) is 0. The van der Waals surface area contributed by atoms with Crippen molar-refractivity contribution in [2.24, 2.45) is 0 Å². The summed E-state index contributed by atoms with van der Waals surface area (Å²) >= 11 is 3.43. The molecule has 0 N–H and O–H groups in total. The highest BCUT2D eigenvalue weighted by molar-refractivity contribution is 8.09. The summed E-state index contributed by atoms with van der Waals surface area (Å²) in [6, 6.07) is 0. The van der Waals surface area contributed by atoms with Gasteiger partial charge in [0, 0.05) is 0 Å². The Kier molecular flexibility index (Phi) is 2.75. The van der Waals surface area contributed by atoms with Gasteiger partial charge < -0.3 is 4.32 Å². The SMILES string of the molecule is CCB(F)S. The number of thiol groups is 1. The van der Waals surface area contributed by atoms with Crippen LogP contribution in [0.4, 0.5) is 4.32 Å². The molecule has 0 aliphatic rings. The second kappa shape index (κ2) is 2.58. The lowest BCUT2D eigenvalue weighted by atomic mass is 10.00. The molecule has 0 aliphatic heterocycles. The van der Waals surface area contributed by atoms with Gasteiger partial charge in [0.2, 0.25) is 0 Å². The Bertz CT molecular complexity index is 23.6. The Balaban J connectivity index is 2.54. The van der Waals surface area contributed by atoms with Crippen LogP contribution in [0.5, 0.6) is 0 Å². The lowest BCUT2D eigenvalue weighted by molar-refractivity contribution is 0.854. The van der Waals surface area contributed by atoms with Gasteiger partial charge in [0.1, 0.15) is 0 Å². The van der Waals surface area contributed by atoms with E-state index in [1.165, 1.54) is 0 Å². The Morgan fingerprint density at radius 3 is 2.20 bits per heavy atom. The Hall–Kier alpha value is 0.345. The molecule has 0 rings (SSSR count). The average Bonchev–Trinajstić information content (AvgIpc) is 1.38. The van der Waals surface area contributed by atoms with Crippen LogP contribution in [-0.2, 0) is 0 Å². The fraction of sp³-hybridized carbons (Fsp3) is 1.00. The van der Waals surface area contributed by atoms with Gasteiger partial charge in [-0.25, -0.2) is 0 Å². The molecule has 0 heterocycles. The highest BCUT2D eigenvalue weighted by Gasteiger charge is 1.97. The Morgan fingerprint density at radius 1 is 2.00 bits per heavy atom. The molecule has 0 aromatic carbocycles. The third kappa shape index (κ3) is 4.34. The standard InChI is InChI=1S/C2H6BFS/c1-2-3(4)5/h5H,2H2,1H3. The minimum absolute atomic E-state index is 0.503. The van der Waals surface area contributed by atoms with E-state index in [2.05, 4.69) is 12.5 Å². The van der Waals surface area contributed by atoms with Crippen LogP contribution in [0, 0.1) is 0 Å². The zero-order valence-corrected chi connectivity index (χ0v) is 4.00. The van der Waals surface area contributed by atoms with Crippen molar-refractivity contribution in [2.75, 3.05) is 0 Å². The van der Waals surface area contributed by atoms with Crippen LogP contribution in [0.1, 0.15) is 6.92 Å². The van der Waals surface area contributed by atoms with E-state index < -0.39 is 6.27 Å². The molecule has 0 amide bonds. The van der Waals surface area contributed by atoms with Gasteiger partial charge in [0.05, 0.1) is 0 Å². The third-order valence-electron chi connectivity index (χ3n) is 0.337. The molecule has 0 unspecified atom stereocenters. The van der Waals surface area contributed by atoms with Gasteiger partial charge in [-0.05, 0) is 6.32 Å². The summed E-state index contributed by atoms with van der Waals surface area (Å²) < 4.78 is 11.3.